The zero-order valence-electron chi connectivity index (χ0n) is 10.2. The number of anilines is 1. The second-order valence-corrected chi connectivity index (χ2v) is 4.79. The maximum absolute atomic E-state index is 11.3. The lowest BCUT2D eigenvalue weighted by atomic mass is 10.1. The topological polar surface area (TPSA) is 69.0 Å². The van der Waals surface area contributed by atoms with Crippen molar-refractivity contribution in [2.24, 2.45) is 0 Å². The molecule has 94 valence electrons. The molecule has 1 aliphatic heterocycles. The number of aromatic nitrogens is 2. The van der Waals surface area contributed by atoms with Crippen LogP contribution in [-0.4, -0.2) is 23.1 Å². The molecule has 0 unspecified atom stereocenters. The Bertz CT molecular complexity index is 708. The highest BCUT2D eigenvalue weighted by Gasteiger charge is 2.15. The van der Waals surface area contributed by atoms with E-state index in [4.69, 9.17) is 0 Å². The number of benzene rings is 1. The monoisotopic (exact) mass is 245 g/mol. The summed E-state index contributed by atoms with van der Waals surface area (Å²) in [4.78, 5) is 30.2. The van der Waals surface area contributed by atoms with Gasteiger partial charge in [0, 0.05) is 18.8 Å². The Balaban J connectivity index is 2.22. The van der Waals surface area contributed by atoms with Crippen LogP contribution in [0.25, 0.3) is 11.0 Å². The maximum Gasteiger partial charge on any atom is 0.314 e. The van der Waals surface area contributed by atoms with Gasteiger partial charge in [-0.1, -0.05) is 0 Å². The van der Waals surface area contributed by atoms with Crippen molar-refractivity contribution in [2.45, 2.75) is 19.8 Å². The third-order valence-electron chi connectivity index (χ3n) is 3.49. The number of aromatic amines is 2. The number of hydrogen-bond acceptors (Lipinski definition) is 3. The quantitative estimate of drug-likeness (QED) is 0.740. The van der Waals surface area contributed by atoms with E-state index in [1.807, 2.05) is 19.1 Å². The first-order valence-corrected chi connectivity index (χ1v) is 6.17. The molecule has 0 aliphatic carbocycles. The fourth-order valence-corrected chi connectivity index (χ4v) is 2.56. The molecule has 1 aromatic carbocycles. The molecule has 1 fully saturated rings. The van der Waals surface area contributed by atoms with Gasteiger partial charge in [0.15, 0.2) is 0 Å². The lowest BCUT2D eigenvalue weighted by molar-refractivity contribution is 0.949. The number of rotatable bonds is 1. The molecule has 0 saturated carbocycles. The van der Waals surface area contributed by atoms with E-state index in [-0.39, 0.29) is 0 Å². The van der Waals surface area contributed by atoms with Crippen molar-refractivity contribution in [1.29, 1.82) is 0 Å². The molecule has 0 atom stereocenters. The molecule has 2 heterocycles. The molecule has 0 amide bonds. The largest absolute Gasteiger partial charge is 0.371 e. The Hall–Kier alpha value is -2.04. The van der Waals surface area contributed by atoms with Crippen molar-refractivity contribution in [3.8, 4) is 0 Å². The minimum Gasteiger partial charge on any atom is -0.371 e. The summed E-state index contributed by atoms with van der Waals surface area (Å²) in [6, 6.07) is 3.87. The van der Waals surface area contributed by atoms with Crippen LogP contribution in [-0.2, 0) is 0 Å². The van der Waals surface area contributed by atoms with Crippen molar-refractivity contribution in [3.63, 3.8) is 0 Å². The molecule has 1 saturated heterocycles. The van der Waals surface area contributed by atoms with Gasteiger partial charge in [-0.25, -0.2) is 0 Å². The lowest BCUT2D eigenvalue weighted by Gasteiger charge is -2.20. The van der Waals surface area contributed by atoms with E-state index in [0.29, 0.717) is 11.0 Å². The number of aryl methyl sites for hydroxylation is 1. The van der Waals surface area contributed by atoms with Gasteiger partial charge in [-0.2, -0.15) is 0 Å². The Morgan fingerprint density at radius 2 is 1.56 bits per heavy atom. The van der Waals surface area contributed by atoms with Crippen molar-refractivity contribution >= 4 is 16.7 Å². The van der Waals surface area contributed by atoms with E-state index in [9.17, 15) is 9.59 Å². The summed E-state index contributed by atoms with van der Waals surface area (Å²) in [5.41, 5.74) is 2.43. The Morgan fingerprint density at radius 3 is 2.17 bits per heavy atom. The zero-order valence-corrected chi connectivity index (χ0v) is 10.2. The van der Waals surface area contributed by atoms with Crippen LogP contribution in [0.15, 0.2) is 21.7 Å². The molecular weight excluding hydrogens is 230 g/mol. The van der Waals surface area contributed by atoms with Gasteiger partial charge in [-0.3, -0.25) is 9.59 Å². The second-order valence-electron chi connectivity index (χ2n) is 4.79. The van der Waals surface area contributed by atoms with Crippen molar-refractivity contribution in [2.75, 3.05) is 18.0 Å². The summed E-state index contributed by atoms with van der Waals surface area (Å²) in [7, 11) is 0. The second kappa shape index (κ2) is 4.01. The molecular formula is C13H15N3O2. The summed E-state index contributed by atoms with van der Waals surface area (Å²) in [6.45, 7) is 4.14. The van der Waals surface area contributed by atoms with E-state index in [1.54, 1.807) is 0 Å². The summed E-state index contributed by atoms with van der Waals surface area (Å²) in [5, 5.41) is 0. The van der Waals surface area contributed by atoms with Crippen LogP contribution < -0.4 is 16.0 Å². The van der Waals surface area contributed by atoms with Crippen LogP contribution in [0.2, 0.25) is 0 Å². The van der Waals surface area contributed by atoms with Crippen LogP contribution in [0, 0.1) is 6.92 Å². The van der Waals surface area contributed by atoms with E-state index < -0.39 is 11.1 Å². The lowest BCUT2D eigenvalue weighted by Crippen LogP contribution is -2.29. The molecule has 0 radical (unpaired) electrons. The van der Waals surface area contributed by atoms with E-state index in [0.717, 1.165) is 24.3 Å². The number of hydrogen-bond donors (Lipinski definition) is 2. The molecule has 2 N–H and O–H groups in total. The van der Waals surface area contributed by atoms with Gasteiger partial charge in [0.1, 0.15) is 0 Å². The maximum atomic E-state index is 11.3. The molecule has 1 aromatic heterocycles. The smallest absolute Gasteiger partial charge is 0.314 e. The normalized spacial score (nSPS) is 15.5. The van der Waals surface area contributed by atoms with Gasteiger partial charge >= 0.3 is 11.1 Å². The Kier molecular flexibility index (Phi) is 2.47. The first kappa shape index (κ1) is 11.1. The van der Waals surface area contributed by atoms with Gasteiger partial charge in [0.25, 0.3) is 0 Å². The predicted octanol–water partition coefficient (Wildman–Crippen LogP) is 1.13. The van der Waals surface area contributed by atoms with E-state index >= 15 is 0 Å². The van der Waals surface area contributed by atoms with Gasteiger partial charge in [0.05, 0.1) is 11.0 Å². The number of H-pyrrole nitrogens is 2. The molecule has 5 heteroatoms. The number of nitrogens with one attached hydrogen (secondary N) is 2. The van der Waals surface area contributed by atoms with Gasteiger partial charge in [-0.15, -0.1) is 0 Å². The first-order chi connectivity index (χ1) is 8.65. The van der Waals surface area contributed by atoms with Crippen LogP contribution in [0.3, 0.4) is 0 Å². The van der Waals surface area contributed by atoms with Gasteiger partial charge in [0.2, 0.25) is 0 Å². The Labute approximate surface area is 103 Å². The molecule has 18 heavy (non-hydrogen) atoms. The van der Waals surface area contributed by atoms with Crippen LogP contribution >= 0.6 is 0 Å². The van der Waals surface area contributed by atoms with Crippen LogP contribution in [0.5, 0.6) is 0 Å². The van der Waals surface area contributed by atoms with Crippen molar-refractivity contribution in [3.05, 3.63) is 38.4 Å². The predicted molar refractivity (Wildman–Crippen MR) is 71.4 cm³/mol. The average molecular weight is 245 g/mol. The average Bonchev–Trinajstić information content (AvgIpc) is 2.84. The molecule has 0 bridgehead atoms. The Morgan fingerprint density at radius 1 is 1.00 bits per heavy atom. The zero-order chi connectivity index (χ0) is 12.7. The molecule has 0 spiro atoms. The molecule has 3 rings (SSSR count). The SMILES string of the molecule is Cc1cc2[nH]c(=O)c(=O)[nH]c2cc1N1CCCC1. The molecule has 5 nitrogen and oxygen atoms in total. The van der Waals surface area contributed by atoms with Gasteiger partial charge < -0.3 is 14.9 Å². The number of fused-ring (bicyclic) bond motifs is 1. The highest BCUT2D eigenvalue weighted by molar-refractivity contribution is 5.80. The van der Waals surface area contributed by atoms with Crippen LogP contribution in [0.1, 0.15) is 18.4 Å². The van der Waals surface area contributed by atoms with Crippen LogP contribution in [0.4, 0.5) is 5.69 Å². The fraction of sp³-hybridized carbons (Fsp3) is 0.385. The molecule has 1 aliphatic rings. The first-order valence-electron chi connectivity index (χ1n) is 6.17. The van der Waals surface area contributed by atoms with E-state index in [2.05, 4.69) is 14.9 Å². The molecule has 2 aromatic rings. The van der Waals surface area contributed by atoms with Crippen molar-refractivity contribution < 1.29 is 0 Å². The van der Waals surface area contributed by atoms with Gasteiger partial charge in [-0.05, 0) is 37.5 Å². The minimum absolute atomic E-state index is 0.598. The minimum atomic E-state index is -0.601. The van der Waals surface area contributed by atoms with E-state index in [1.165, 1.54) is 12.8 Å². The standard InChI is InChI=1S/C13H15N3O2/c1-8-6-9-10(15-13(18)12(17)14-9)7-11(8)16-4-2-3-5-16/h6-7H,2-5H2,1H3,(H,14,17)(H,15,18). The van der Waals surface area contributed by atoms with Crippen molar-refractivity contribution in [1.82, 2.24) is 9.97 Å². The summed E-state index contributed by atoms with van der Waals surface area (Å²) in [6.07, 6.45) is 2.42. The summed E-state index contributed by atoms with van der Waals surface area (Å²) in [5.74, 6) is 0. The highest BCUT2D eigenvalue weighted by Crippen LogP contribution is 2.26. The summed E-state index contributed by atoms with van der Waals surface area (Å²) >= 11 is 0. The number of nitrogens with zero attached hydrogens (tertiary/aromatic N) is 1. The third kappa shape index (κ3) is 1.72. The fourth-order valence-electron chi connectivity index (χ4n) is 2.56. The summed E-state index contributed by atoms with van der Waals surface area (Å²) < 4.78 is 0. The highest BCUT2D eigenvalue weighted by atomic mass is 16.2. The third-order valence-corrected chi connectivity index (χ3v) is 3.49.